The number of nitrogens with zero attached hydrogens (tertiary/aromatic N) is 4. The van der Waals surface area contributed by atoms with Crippen LogP contribution in [0.5, 0.6) is 0 Å². The molecule has 0 saturated heterocycles. The van der Waals surface area contributed by atoms with Gasteiger partial charge in [0.2, 0.25) is 5.91 Å². The number of amides is 1. The van der Waals surface area contributed by atoms with E-state index in [2.05, 4.69) is 26.2 Å². The van der Waals surface area contributed by atoms with Crippen molar-refractivity contribution in [1.29, 1.82) is 0 Å². The van der Waals surface area contributed by atoms with E-state index in [1.54, 1.807) is 29.4 Å². The zero-order valence-electron chi connectivity index (χ0n) is 20.6. The molecule has 37 heavy (non-hydrogen) atoms. The molecule has 0 saturated carbocycles. The van der Waals surface area contributed by atoms with Gasteiger partial charge in [0.15, 0.2) is 0 Å². The third-order valence-electron chi connectivity index (χ3n) is 5.86. The molecule has 0 fully saturated rings. The van der Waals surface area contributed by atoms with Gasteiger partial charge in [0, 0.05) is 29.6 Å². The van der Waals surface area contributed by atoms with Crippen LogP contribution in [-0.2, 0) is 11.2 Å². The lowest BCUT2D eigenvalue weighted by Crippen LogP contribution is -2.39. The number of aromatic nitrogens is 2. The Labute approximate surface area is 225 Å². The predicted molar refractivity (Wildman–Crippen MR) is 147 cm³/mol. The SMILES string of the molecule is CN(C)CCCNC(=O)[C@H](Cc1ccccc1)n1cnc(-c2cc(Cl)ccc2N2C=C(Cl)NN2)cc1=O. The first-order chi connectivity index (χ1) is 17.8. The van der Waals surface area contributed by atoms with E-state index in [9.17, 15) is 9.59 Å². The summed E-state index contributed by atoms with van der Waals surface area (Å²) in [5.74, 6) is -0.227. The second kappa shape index (κ2) is 12.2. The van der Waals surface area contributed by atoms with Gasteiger partial charge in [-0.05, 0) is 50.8 Å². The summed E-state index contributed by atoms with van der Waals surface area (Å²) < 4.78 is 1.38. The Kier molecular flexibility index (Phi) is 8.83. The first-order valence-electron chi connectivity index (χ1n) is 11.8. The lowest BCUT2D eigenvalue weighted by Gasteiger charge is -2.21. The number of hydrogen-bond donors (Lipinski definition) is 3. The van der Waals surface area contributed by atoms with Crippen LogP contribution in [0.1, 0.15) is 18.0 Å². The summed E-state index contributed by atoms with van der Waals surface area (Å²) in [6.45, 7) is 1.37. The molecule has 0 aliphatic carbocycles. The van der Waals surface area contributed by atoms with Gasteiger partial charge in [-0.25, -0.2) is 4.98 Å². The number of carbonyl (C=O) groups excluding carboxylic acids is 1. The molecule has 1 amide bonds. The largest absolute Gasteiger partial charge is 0.354 e. The third kappa shape index (κ3) is 6.90. The van der Waals surface area contributed by atoms with Crippen molar-refractivity contribution in [1.82, 2.24) is 30.7 Å². The Morgan fingerprint density at radius 3 is 2.59 bits per heavy atom. The number of hydrogen-bond acceptors (Lipinski definition) is 7. The van der Waals surface area contributed by atoms with E-state index in [1.807, 2.05) is 44.4 Å². The van der Waals surface area contributed by atoms with Gasteiger partial charge in [0.1, 0.15) is 11.2 Å². The fourth-order valence-corrected chi connectivity index (χ4v) is 4.33. The summed E-state index contributed by atoms with van der Waals surface area (Å²) in [5, 5.41) is 5.54. The second-order valence-electron chi connectivity index (χ2n) is 8.92. The van der Waals surface area contributed by atoms with Gasteiger partial charge in [-0.15, -0.1) is 5.53 Å². The average molecular weight is 542 g/mol. The molecule has 2 heterocycles. The average Bonchev–Trinajstić information content (AvgIpc) is 3.31. The fraction of sp³-hybridized carbons (Fsp3) is 0.269. The summed E-state index contributed by atoms with van der Waals surface area (Å²) in [6, 6.07) is 15.5. The van der Waals surface area contributed by atoms with Gasteiger partial charge >= 0.3 is 0 Å². The fourth-order valence-electron chi connectivity index (χ4n) is 4.02. The highest BCUT2D eigenvalue weighted by atomic mass is 35.5. The highest BCUT2D eigenvalue weighted by molar-refractivity contribution is 6.31. The van der Waals surface area contributed by atoms with Crippen molar-refractivity contribution in [2.75, 3.05) is 32.2 Å². The molecule has 0 bridgehead atoms. The topological polar surface area (TPSA) is 94.5 Å². The summed E-state index contributed by atoms with van der Waals surface area (Å²) in [5.41, 5.74) is 8.05. The van der Waals surface area contributed by atoms with E-state index in [0.29, 0.717) is 40.1 Å². The van der Waals surface area contributed by atoms with Crippen LogP contribution in [0.4, 0.5) is 5.69 Å². The van der Waals surface area contributed by atoms with Gasteiger partial charge in [-0.3, -0.25) is 24.6 Å². The smallest absolute Gasteiger partial charge is 0.254 e. The summed E-state index contributed by atoms with van der Waals surface area (Å²) in [7, 11) is 3.97. The summed E-state index contributed by atoms with van der Waals surface area (Å²) in [4.78, 5) is 33.2. The Morgan fingerprint density at radius 1 is 1.14 bits per heavy atom. The Hall–Kier alpha value is -3.37. The van der Waals surface area contributed by atoms with Crippen LogP contribution in [0.3, 0.4) is 0 Å². The minimum atomic E-state index is -0.749. The van der Waals surface area contributed by atoms with Gasteiger partial charge < -0.3 is 10.2 Å². The highest BCUT2D eigenvalue weighted by Crippen LogP contribution is 2.32. The molecule has 0 unspecified atom stereocenters. The molecule has 9 nitrogen and oxygen atoms in total. The number of carbonyl (C=O) groups is 1. The Morgan fingerprint density at radius 2 is 1.92 bits per heavy atom. The molecule has 3 aromatic rings. The van der Waals surface area contributed by atoms with Crippen LogP contribution < -0.4 is 26.8 Å². The molecule has 4 rings (SSSR count). The summed E-state index contributed by atoms with van der Waals surface area (Å²) in [6.07, 6.45) is 4.24. The van der Waals surface area contributed by atoms with E-state index in [0.717, 1.165) is 18.5 Å². The van der Waals surface area contributed by atoms with E-state index in [4.69, 9.17) is 23.2 Å². The molecule has 2 aromatic carbocycles. The number of hydrazine groups is 2. The van der Waals surface area contributed by atoms with Gasteiger partial charge in [0.25, 0.3) is 5.56 Å². The molecule has 3 N–H and O–H groups in total. The van der Waals surface area contributed by atoms with Crippen molar-refractivity contribution in [3.05, 3.63) is 93.2 Å². The van der Waals surface area contributed by atoms with Crippen molar-refractivity contribution in [3.8, 4) is 11.3 Å². The molecule has 0 spiro atoms. The lowest BCUT2D eigenvalue weighted by molar-refractivity contribution is -0.124. The first kappa shape index (κ1) is 26.7. The zero-order chi connectivity index (χ0) is 26.4. The third-order valence-corrected chi connectivity index (χ3v) is 6.29. The van der Waals surface area contributed by atoms with Gasteiger partial charge in [0.05, 0.1) is 23.9 Å². The van der Waals surface area contributed by atoms with Crippen LogP contribution in [0.25, 0.3) is 11.3 Å². The Bertz CT molecular complexity index is 1330. The minimum Gasteiger partial charge on any atom is -0.354 e. The van der Waals surface area contributed by atoms with Crippen molar-refractivity contribution in [2.45, 2.75) is 18.9 Å². The maximum absolute atomic E-state index is 13.4. The standard InChI is InChI=1S/C26H29Cl2N7O2/c1-33(2)12-6-11-29-26(37)23(13-18-7-4-3-5-8-18)34-17-30-21(15-25(34)36)20-14-19(27)9-10-22(20)35-16-24(28)31-32-35/h3-5,7-10,14-17,23,31-32H,6,11-13H2,1-2H3,(H,29,37)/t23-/m0/s1. The quantitative estimate of drug-likeness (QED) is 0.268. The molecule has 1 atom stereocenters. The highest BCUT2D eigenvalue weighted by Gasteiger charge is 2.23. The van der Waals surface area contributed by atoms with Gasteiger partial charge in [-0.2, -0.15) is 0 Å². The molecular formula is C26H29Cl2N7O2. The molecule has 1 aromatic heterocycles. The van der Waals surface area contributed by atoms with Crippen molar-refractivity contribution >= 4 is 34.8 Å². The summed E-state index contributed by atoms with van der Waals surface area (Å²) >= 11 is 12.3. The predicted octanol–water partition coefficient (Wildman–Crippen LogP) is 3.28. The van der Waals surface area contributed by atoms with Crippen LogP contribution in [0.2, 0.25) is 5.02 Å². The van der Waals surface area contributed by atoms with Crippen LogP contribution in [0.15, 0.2) is 77.1 Å². The van der Waals surface area contributed by atoms with Crippen molar-refractivity contribution in [2.24, 2.45) is 0 Å². The van der Waals surface area contributed by atoms with Crippen LogP contribution in [-0.4, -0.2) is 47.5 Å². The maximum Gasteiger partial charge on any atom is 0.254 e. The monoisotopic (exact) mass is 541 g/mol. The minimum absolute atomic E-state index is 0.227. The Balaban J connectivity index is 1.64. The molecule has 194 valence electrons. The van der Waals surface area contributed by atoms with Gasteiger partial charge in [-0.1, -0.05) is 53.5 Å². The molecule has 0 radical (unpaired) electrons. The number of rotatable bonds is 10. The lowest BCUT2D eigenvalue weighted by atomic mass is 10.0. The molecule has 11 heteroatoms. The van der Waals surface area contributed by atoms with E-state index in [-0.39, 0.29) is 11.5 Å². The van der Waals surface area contributed by atoms with E-state index in [1.165, 1.54) is 17.0 Å². The number of anilines is 1. The first-order valence-corrected chi connectivity index (χ1v) is 12.6. The maximum atomic E-state index is 13.4. The van der Waals surface area contributed by atoms with Crippen LogP contribution in [0, 0.1) is 0 Å². The second-order valence-corrected chi connectivity index (χ2v) is 9.76. The number of nitrogens with one attached hydrogen (secondary N) is 3. The van der Waals surface area contributed by atoms with Crippen molar-refractivity contribution < 1.29 is 4.79 Å². The molecule has 1 aliphatic rings. The molecular weight excluding hydrogens is 513 g/mol. The van der Waals surface area contributed by atoms with E-state index < -0.39 is 6.04 Å². The van der Waals surface area contributed by atoms with Crippen LogP contribution >= 0.6 is 23.2 Å². The molecule has 1 aliphatic heterocycles. The normalized spacial score (nSPS) is 13.9. The zero-order valence-corrected chi connectivity index (χ0v) is 22.1. The van der Waals surface area contributed by atoms with E-state index >= 15 is 0 Å². The van der Waals surface area contributed by atoms with Crippen molar-refractivity contribution in [3.63, 3.8) is 0 Å². The number of benzene rings is 2. The number of halogens is 2.